The Balaban J connectivity index is 3.07. The molecule has 0 radical (unpaired) electrons. The van der Waals surface area contributed by atoms with Crippen LogP contribution in [0.25, 0.3) is 0 Å². The van der Waals surface area contributed by atoms with Crippen molar-refractivity contribution in [3.8, 4) is 0 Å². The van der Waals surface area contributed by atoms with Crippen LogP contribution >= 0.6 is 0 Å². The molecule has 0 amide bonds. The van der Waals surface area contributed by atoms with Crippen molar-refractivity contribution in [1.82, 2.24) is 0 Å². The summed E-state index contributed by atoms with van der Waals surface area (Å²) in [5.74, 6) is 0. The smallest absolute Gasteiger partial charge is 0.297 e. The van der Waals surface area contributed by atoms with Gasteiger partial charge in [-0.05, 0) is 25.1 Å². The Labute approximate surface area is 84.0 Å². The van der Waals surface area contributed by atoms with Gasteiger partial charge in [-0.3, -0.25) is 4.18 Å². The molecule has 0 aromatic heterocycles. The van der Waals surface area contributed by atoms with E-state index in [1.165, 1.54) is 12.1 Å². The number of hydrogen-bond donors (Lipinski definition) is 1. The van der Waals surface area contributed by atoms with Crippen molar-refractivity contribution < 1.29 is 12.6 Å². The Hall–Kier alpha value is -1.07. The lowest BCUT2D eigenvalue weighted by Gasteiger charge is -2.05. The highest BCUT2D eigenvalue weighted by atomic mass is 32.2. The summed E-state index contributed by atoms with van der Waals surface area (Å²) in [4.78, 5) is 0.172. The van der Waals surface area contributed by atoms with Crippen molar-refractivity contribution in [3.05, 3.63) is 24.3 Å². The fraction of sp³-hybridized carbons (Fsp3) is 0.333. The third-order valence-electron chi connectivity index (χ3n) is 1.68. The lowest BCUT2D eigenvalue weighted by molar-refractivity contribution is 0.338. The monoisotopic (exact) mass is 215 g/mol. The van der Waals surface area contributed by atoms with Gasteiger partial charge in [0.25, 0.3) is 10.1 Å². The zero-order valence-corrected chi connectivity index (χ0v) is 8.97. The highest BCUT2D eigenvalue weighted by Crippen LogP contribution is 2.16. The maximum absolute atomic E-state index is 11.5. The van der Waals surface area contributed by atoms with E-state index in [4.69, 9.17) is 0 Å². The molecule has 0 aliphatic heterocycles. The molecule has 1 aromatic carbocycles. The summed E-state index contributed by atoms with van der Waals surface area (Å²) in [7, 11) is -1.85. The zero-order chi connectivity index (χ0) is 10.6. The van der Waals surface area contributed by atoms with Crippen LogP contribution in [-0.4, -0.2) is 22.1 Å². The van der Waals surface area contributed by atoms with Crippen molar-refractivity contribution in [3.63, 3.8) is 0 Å². The molecule has 0 saturated carbocycles. The summed E-state index contributed by atoms with van der Waals surface area (Å²) in [5.41, 5.74) is 0.741. The first kappa shape index (κ1) is 11.0. The van der Waals surface area contributed by atoms with Gasteiger partial charge in [0.2, 0.25) is 0 Å². The summed E-state index contributed by atoms with van der Waals surface area (Å²) in [6.07, 6.45) is 0. The molecular weight excluding hydrogens is 202 g/mol. The van der Waals surface area contributed by atoms with Crippen molar-refractivity contribution in [2.24, 2.45) is 0 Å². The lowest BCUT2D eigenvalue weighted by atomic mass is 10.3. The molecular formula is C9H13NO3S. The van der Waals surface area contributed by atoms with Gasteiger partial charge in [-0.1, -0.05) is 6.07 Å². The van der Waals surface area contributed by atoms with Crippen LogP contribution in [0.4, 0.5) is 5.69 Å². The van der Waals surface area contributed by atoms with Crippen molar-refractivity contribution in [2.75, 3.05) is 19.0 Å². The second-order valence-electron chi connectivity index (χ2n) is 2.64. The molecule has 5 heteroatoms. The first-order valence-electron chi connectivity index (χ1n) is 4.27. The summed E-state index contributed by atoms with van der Waals surface area (Å²) in [6.45, 7) is 1.78. The highest BCUT2D eigenvalue weighted by molar-refractivity contribution is 7.86. The maximum atomic E-state index is 11.5. The number of rotatable bonds is 4. The van der Waals surface area contributed by atoms with E-state index in [1.807, 2.05) is 0 Å². The van der Waals surface area contributed by atoms with Crippen LogP contribution in [0, 0.1) is 0 Å². The quantitative estimate of drug-likeness (QED) is 0.772. The summed E-state index contributed by atoms with van der Waals surface area (Å²) < 4.78 is 27.6. The molecule has 4 nitrogen and oxygen atoms in total. The van der Waals surface area contributed by atoms with Gasteiger partial charge in [0.15, 0.2) is 0 Å². The van der Waals surface area contributed by atoms with E-state index in [0.717, 1.165) is 5.69 Å². The fourth-order valence-electron chi connectivity index (χ4n) is 1.03. The van der Waals surface area contributed by atoms with Gasteiger partial charge in [-0.25, -0.2) is 0 Å². The van der Waals surface area contributed by atoms with Gasteiger partial charge in [-0.15, -0.1) is 0 Å². The van der Waals surface area contributed by atoms with Crippen LogP contribution in [0.3, 0.4) is 0 Å². The zero-order valence-electron chi connectivity index (χ0n) is 8.15. The minimum atomic E-state index is -3.58. The Morgan fingerprint density at radius 2 is 2.14 bits per heavy atom. The Bertz CT molecular complexity index is 400. The van der Waals surface area contributed by atoms with E-state index >= 15 is 0 Å². The molecule has 1 aromatic rings. The van der Waals surface area contributed by atoms with Crippen LogP contribution in [0.1, 0.15) is 6.92 Å². The van der Waals surface area contributed by atoms with E-state index in [-0.39, 0.29) is 11.5 Å². The lowest BCUT2D eigenvalue weighted by Crippen LogP contribution is -2.06. The van der Waals surface area contributed by atoms with Gasteiger partial charge in [-0.2, -0.15) is 8.42 Å². The van der Waals surface area contributed by atoms with Gasteiger partial charge in [0.1, 0.15) is 0 Å². The third-order valence-corrected chi connectivity index (χ3v) is 3.06. The molecule has 78 valence electrons. The molecule has 0 unspecified atom stereocenters. The van der Waals surface area contributed by atoms with Crippen LogP contribution in [0.5, 0.6) is 0 Å². The summed E-state index contributed by atoms with van der Waals surface area (Å²) >= 11 is 0. The Morgan fingerprint density at radius 1 is 1.43 bits per heavy atom. The molecule has 0 spiro atoms. The predicted octanol–water partition coefficient (Wildman–Crippen LogP) is 1.45. The number of nitrogens with one attached hydrogen (secondary N) is 1. The summed E-state index contributed by atoms with van der Waals surface area (Å²) in [5, 5.41) is 2.86. The third kappa shape index (κ3) is 2.46. The molecule has 0 aliphatic carbocycles. The van der Waals surface area contributed by atoms with Crippen LogP contribution < -0.4 is 5.32 Å². The van der Waals surface area contributed by atoms with E-state index in [9.17, 15) is 8.42 Å². The molecule has 0 aliphatic rings. The number of anilines is 1. The van der Waals surface area contributed by atoms with Crippen molar-refractivity contribution in [2.45, 2.75) is 11.8 Å². The number of benzene rings is 1. The van der Waals surface area contributed by atoms with Crippen molar-refractivity contribution in [1.29, 1.82) is 0 Å². The first-order chi connectivity index (χ1) is 6.60. The minimum absolute atomic E-state index is 0.145. The molecule has 0 atom stereocenters. The maximum Gasteiger partial charge on any atom is 0.297 e. The van der Waals surface area contributed by atoms with Crippen LogP contribution in [0.15, 0.2) is 29.2 Å². The minimum Gasteiger partial charge on any atom is -0.388 e. The molecule has 0 fully saturated rings. The molecule has 0 saturated heterocycles. The van der Waals surface area contributed by atoms with E-state index in [2.05, 4.69) is 9.50 Å². The predicted molar refractivity (Wildman–Crippen MR) is 54.8 cm³/mol. The normalized spacial score (nSPS) is 11.3. The summed E-state index contributed by atoms with van der Waals surface area (Å²) in [6, 6.07) is 6.49. The van der Waals surface area contributed by atoms with Gasteiger partial charge < -0.3 is 5.32 Å². The SMILES string of the molecule is CCOS(=O)(=O)c1cccc(NC)c1. The first-order valence-corrected chi connectivity index (χ1v) is 5.68. The molecule has 1 N–H and O–H groups in total. The molecule has 14 heavy (non-hydrogen) atoms. The standard InChI is InChI=1S/C9H13NO3S/c1-3-13-14(11,12)9-6-4-5-8(7-9)10-2/h4-7,10H,3H2,1-2H3. The topological polar surface area (TPSA) is 55.4 Å². The molecule has 1 rings (SSSR count). The average molecular weight is 215 g/mol. The Morgan fingerprint density at radius 3 is 2.71 bits per heavy atom. The largest absolute Gasteiger partial charge is 0.388 e. The van der Waals surface area contributed by atoms with Gasteiger partial charge in [0, 0.05) is 12.7 Å². The van der Waals surface area contributed by atoms with Crippen molar-refractivity contribution >= 4 is 15.8 Å². The van der Waals surface area contributed by atoms with E-state index in [0.29, 0.717) is 0 Å². The average Bonchev–Trinajstić information content (AvgIpc) is 2.18. The van der Waals surface area contributed by atoms with Crippen LogP contribution in [-0.2, 0) is 14.3 Å². The van der Waals surface area contributed by atoms with E-state index in [1.54, 1.807) is 26.1 Å². The highest BCUT2D eigenvalue weighted by Gasteiger charge is 2.13. The Kier molecular flexibility index (Phi) is 3.49. The van der Waals surface area contributed by atoms with E-state index < -0.39 is 10.1 Å². The van der Waals surface area contributed by atoms with Gasteiger partial charge in [0.05, 0.1) is 11.5 Å². The second kappa shape index (κ2) is 4.43. The fourth-order valence-corrected chi connectivity index (χ4v) is 1.99. The number of hydrogen-bond acceptors (Lipinski definition) is 4. The molecule has 0 heterocycles. The van der Waals surface area contributed by atoms with Crippen LogP contribution in [0.2, 0.25) is 0 Å². The second-order valence-corrected chi connectivity index (χ2v) is 4.25. The van der Waals surface area contributed by atoms with Gasteiger partial charge >= 0.3 is 0 Å². The molecule has 0 bridgehead atoms.